The molecule has 0 fully saturated rings. The third-order valence-corrected chi connectivity index (χ3v) is 12.6. The van der Waals surface area contributed by atoms with Gasteiger partial charge in [0.2, 0.25) is 0 Å². The van der Waals surface area contributed by atoms with Crippen LogP contribution >= 0.6 is 11.3 Å². The molecule has 0 aliphatic heterocycles. The average molecular weight is 718 g/mol. The van der Waals surface area contributed by atoms with Crippen LogP contribution in [-0.2, 0) is 5.41 Å². The van der Waals surface area contributed by atoms with Crippen molar-refractivity contribution in [3.8, 4) is 22.3 Å². The number of anilines is 3. The van der Waals surface area contributed by atoms with Gasteiger partial charge in [0.05, 0.1) is 16.8 Å². The van der Waals surface area contributed by atoms with E-state index in [0.717, 1.165) is 5.69 Å². The Labute approximate surface area is 325 Å². The van der Waals surface area contributed by atoms with Gasteiger partial charge in [0.15, 0.2) is 0 Å². The van der Waals surface area contributed by atoms with Crippen molar-refractivity contribution in [3.63, 3.8) is 0 Å². The summed E-state index contributed by atoms with van der Waals surface area (Å²) < 4.78 is 2.58. The summed E-state index contributed by atoms with van der Waals surface area (Å²) in [7, 11) is 0. The molecule has 0 saturated heterocycles. The highest BCUT2D eigenvalue weighted by atomic mass is 32.1. The van der Waals surface area contributed by atoms with Gasteiger partial charge in [0, 0.05) is 31.4 Å². The molecule has 258 valence electrons. The Kier molecular flexibility index (Phi) is 7.33. The molecule has 0 spiro atoms. The van der Waals surface area contributed by atoms with E-state index in [1.54, 1.807) is 0 Å². The Morgan fingerprint density at radius 1 is 0.418 bits per heavy atom. The second kappa shape index (κ2) is 12.7. The molecule has 0 atom stereocenters. The normalized spacial score (nSPS) is 12.9. The first-order valence-corrected chi connectivity index (χ1v) is 19.8. The van der Waals surface area contributed by atoms with E-state index < -0.39 is 5.41 Å². The lowest BCUT2D eigenvalue weighted by Gasteiger charge is -2.35. The van der Waals surface area contributed by atoms with Crippen molar-refractivity contribution in [3.05, 3.63) is 235 Å². The van der Waals surface area contributed by atoms with Crippen molar-refractivity contribution in [2.75, 3.05) is 4.90 Å². The Bertz CT molecular complexity index is 2980. The van der Waals surface area contributed by atoms with Gasteiger partial charge in [-0.3, -0.25) is 0 Å². The molecule has 55 heavy (non-hydrogen) atoms. The number of hydrogen-bond acceptors (Lipinski definition) is 2. The Morgan fingerprint density at radius 3 is 1.75 bits per heavy atom. The van der Waals surface area contributed by atoms with E-state index >= 15 is 0 Å². The van der Waals surface area contributed by atoms with Crippen molar-refractivity contribution < 1.29 is 0 Å². The van der Waals surface area contributed by atoms with Crippen LogP contribution in [0, 0.1) is 0 Å². The molecule has 0 N–H and O–H groups in total. The van der Waals surface area contributed by atoms with Crippen LogP contribution in [0.4, 0.5) is 17.1 Å². The van der Waals surface area contributed by atoms with Crippen LogP contribution in [-0.4, -0.2) is 0 Å². The van der Waals surface area contributed by atoms with Crippen molar-refractivity contribution in [1.29, 1.82) is 0 Å². The van der Waals surface area contributed by atoms with Gasteiger partial charge in [-0.25, -0.2) is 0 Å². The lowest BCUT2D eigenvalue weighted by molar-refractivity contribution is 0.775. The Morgan fingerprint density at radius 2 is 1.00 bits per heavy atom. The van der Waals surface area contributed by atoms with Gasteiger partial charge in [0.25, 0.3) is 0 Å². The second-order valence-electron chi connectivity index (χ2n) is 14.4. The van der Waals surface area contributed by atoms with E-state index in [-0.39, 0.29) is 0 Å². The van der Waals surface area contributed by atoms with E-state index in [4.69, 9.17) is 0 Å². The zero-order valence-corrected chi connectivity index (χ0v) is 30.9. The monoisotopic (exact) mass is 717 g/mol. The molecule has 9 aromatic carbocycles. The maximum Gasteiger partial charge on any atom is 0.0720 e. The fourth-order valence-corrected chi connectivity index (χ4v) is 10.4. The summed E-state index contributed by atoms with van der Waals surface area (Å²) in [5.41, 5.74) is 13.0. The third-order valence-electron chi connectivity index (χ3n) is 11.5. The predicted octanol–water partition coefficient (Wildman–Crippen LogP) is 14.7. The SMILES string of the molecule is c1ccc(-c2ccc(N(c3cc4ccccc4c4c3-c3ccccc3C4(c3ccccc3)c3ccccc3)c3cccc4sc5ccccc5c34)cc2)cc1. The summed E-state index contributed by atoms with van der Waals surface area (Å²) >= 11 is 1.87. The van der Waals surface area contributed by atoms with Crippen molar-refractivity contribution in [2.24, 2.45) is 0 Å². The molecular weight excluding hydrogens is 683 g/mol. The van der Waals surface area contributed by atoms with Crippen LogP contribution < -0.4 is 4.90 Å². The topological polar surface area (TPSA) is 3.24 Å². The van der Waals surface area contributed by atoms with E-state index in [1.165, 1.54) is 86.8 Å². The minimum atomic E-state index is -0.548. The van der Waals surface area contributed by atoms with Gasteiger partial charge < -0.3 is 4.90 Å². The van der Waals surface area contributed by atoms with Crippen LogP contribution in [0.1, 0.15) is 22.3 Å². The molecule has 0 amide bonds. The molecule has 2 heteroatoms. The number of fused-ring (bicyclic) bond motifs is 8. The summed E-state index contributed by atoms with van der Waals surface area (Å²) in [6.07, 6.45) is 0. The van der Waals surface area contributed by atoms with E-state index in [0.29, 0.717) is 0 Å². The number of benzene rings is 9. The smallest absolute Gasteiger partial charge is 0.0720 e. The van der Waals surface area contributed by atoms with Crippen LogP contribution in [0.15, 0.2) is 212 Å². The highest BCUT2D eigenvalue weighted by molar-refractivity contribution is 7.26. The molecule has 1 aliphatic carbocycles. The second-order valence-corrected chi connectivity index (χ2v) is 15.5. The third kappa shape index (κ3) is 4.78. The molecule has 0 saturated carbocycles. The quantitative estimate of drug-likeness (QED) is 0.166. The van der Waals surface area contributed by atoms with Crippen molar-refractivity contribution in [1.82, 2.24) is 0 Å². The standard InChI is InChI=1S/C53H35NS/c1-4-17-36(18-5-1)37-31-33-41(34-32-37)54(46-28-16-30-49-50(46)44-26-13-15-29-48(44)55-49)47-35-38-19-10-11-24-42(38)52-51(47)43-25-12-14-27-45(43)53(52,39-20-6-2-7-21-39)40-22-8-3-9-23-40/h1-35H. The zero-order chi connectivity index (χ0) is 36.3. The lowest BCUT2D eigenvalue weighted by atomic mass is 9.66. The van der Waals surface area contributed by atoms with Gasteiger partial charge >= 0.3 is 0 Å². The predicted molar refractivity (Wildman–Crippen MR) is 234 cm³/mol. The van der Waals surface area contributed by atoms with Crippen molar-refractivity contribution >= 4 is 59.3 Å². The molecule has 1 aliphatic rings. The summed E-state index contributed by atoms with van der Waals surface area (Å²) in [4.78, 5) is 2.55. The molecule has 0 radical (unpaired) electrons. The van der Waals surface area contributed by atoms with Crippen molar-refractivity contribution in [2.45, 2.75) is 5.41 Å². The van der Waals surface area contributed by atoms with Gasteiger partial charge in [-0.2, -0.15) is 0 Å². The average Bonchev–Trinajstić information content (AvgIpc) is 3.80. The molecular formula is C53H35NS. The minimum Gasteiger partial charge on any atom is -0.309 e. The molecule has 10 aromatic rings. The number of rotatable bonds is 6. The lowest BCUT2D eigenvalue weighted by Crippen LogP contribution is -2.29. The van der Waals surface area contributed by atoms with Gasteiger partial charge in [-0.1, -0.05) is 176 Å². The highest BCUT2D eigenvalue weighted by Gasteiger charge is 2.48. The highest BCUT2D eigenvalue weighted by Crippen LogP contribution is 2.62. The fraction of sp³-hybridized carbons (Fsp3) is 0.0189. The van der Waals surface area contributed by atoms with Gasteiger partial charge in [-0.15, -0.1) is 11.3 Å². The molecule has 1 heterocycles. The minimum absolute atomic E-state index is 0.548. The number of nitrogens with zero attached hydrogens (tertiary/aromatic N) is 1. The maximum atomic E-state index is 2.55. The first kappa shape index (κ1) is 31.8. The van der Waals surface area contributed by atoms with Crippen LogP contribution in [0.5, 0.6) is 0 Å². The summed E-state index contributed by atoms with van der Waals surface area (Å²) in [5.74, 6) is 0. The number of hydrogen-bond donors (Lipinski definition) is 0. The molecule has 0 unspecified atom stereocenters. The fourth-order valence-electron chi connectivity index (χ4n) is 9.26. The van der Waals surface area contributed by atoms with E-state index in [1.807, 2.05) is 11.3 Å². The summed E-state index contributed by atoms with van der Waals surface area (Å²) in [5, 5.41) is 5.04. The van der Waals surface area contributed by atoms with Crippen LogP contribution in [0.25, 0.3) is 53.2 Å². The molecule has 1 nitrogen and oxygen atoms in total. The van der Waals surface area contributed by atoms with E-state index in [2.05, 4.69) is 217 Å². The Balaban J connectivity index is 1.30. The van der Waals surface area contributed by atoms with Crippen LogP contribution in [0.2, 0.25) is 0 Å². The van der Waals surface area contributed by atoms with Gasteiger partial charge in [0.1, 0.15) is 0 Å². The summed E-state index contributed by atoms with van der Waals surface area (Å²) in [6.45, 7) is 0. The molecule has 1 aromatic heterocycles. The summed E-state index contributed by atoms with van der Waals surface area (Å²) in [6, 6.07) is 78.4. The maximum absolute atomic E-state index is 2.55. The largest absolute Gasteiger partial charge is 0.309 e. The van der Waals surface area contributed by atoms with Gasteiger partial charge in [-0.05, 0) is 86.1 Å². The first-order valence-electron chi connectivity index (χ1n) is 18.9. The van der Waals surface area contributed by atoms with Crippen LogP contribution in [0.3, 0.4) is 0 Å². The zero-order valence-electron chi connectivity index (χ0n) is 30.1. The molecule has 11 rings (SSSR count). The Hall–Kier alpha value is -6.74. The first-order chi connectivity index (χ1) is 27.3. The van der Waals surface area contributed by atoms with E-state index in [9.17, 15) is 0 Å². The molecule has 0 bridgehead atoms. The number of thiophene rings is 1.